The molecule has 0 radical (unpaired) electrons. The summed E-state index contributed by atoms with van der Waals surface area (Å²) in [6, 6.07) is 13.3. The van der Waals surface area contributed by atoms with Crippen LogP contribution in [0.2, 0.25) is 15.1 Å². The van der Waals surface area contributed by atoms with Crippen LogP contribution in [0, 0.1) is 11.3 Å². The van der Waals surface area contributed by atoms with Crippen LogP contribution in [-0.2, 0) is 4.79 Å². The first-order valence-electron chi connectivity index (χ1n) is 6.13. The van der Waals surface area contributed by atoms with E-state index in [1.165, 1.54) is 12.1 Å². The minimum absolute atomic E-state index is 0.0478. The van der Waals surface area contributed by atoms with Gasteiger partial charge in [0.05, 0.1) is 10.7 Å². The zero-order valence-electron chi connectivity index (χ0n) is 11.1. The summed E-state index contributed by atoms with van der Waals surface area (Å²) in [5.41, 5.74) is 1.03. The molecule has 0 unspecified atom stereocenters. The largest absolute Gasteiger partial charge is 0.320 e. The number of hydrogen-bond acceptors (Lipinski definition) is 2. The van der Waals surface area contributed by atoms with Crippen LogP contribution < -0.4 is 5.32 Å². The van der Waals surface area contributed by atoms with E-state index in [0.29, 0.717) is 26.3 Å². The number of rotatable bonds is 3. The number of halogens is 3. The topological polar surface area (TPSA) is 52.9 Å². The maximum absolute atomic E-state index is 12.1. The highest BCUT2D eigenvalue weighted by atomic mass is 35.5. The molecule has 1 amide bonds. The summed E-state index contributed by atoms with van der Waals surface area (Å²) in [4.78, 5) is 12.1. The van der Waals surface area contributed by atoms with Crippen LogP contribution in [0.4, 0.5) is 5.69 Å². The van der Waals surface area contributed by atoms with E-state index in [-0.39, 0.29) is 5.57 Å². The predicted molar refractivity (Wildman–Crippen MR) is 90.1 cm³/mol. The van der Waals surface area contributed by atoms with Gasteiger partial charge in [-0.2, -0.15) is 5.26 Å². The number of nitrogens with one attached hydrogen (secondary N) is 1. The molecule has 3 nitrogen and oxygen atoms in total. The van der Waals surface area contributed by atoms with Crippen molar-refractivity contribution in [3.63, 3.8) is 0 Å². The highest BCUT2D eigenvalue weighted by molar-refractivity contribution is 6.37. The summed E-state index contributed by atoms with van der Waals surface area (Å²) in [6.45, 7) is 0. The average molecular weight is 352 g/mol. The molecule has 2 rings (SSSR count). The average Bonchev–Trinajstić information content (AvgIpc) is 2.49. The van der Waals surface area contributed by atoms with Crippen LogP contribution in [-0.4, -0.2) is 5.91 Å². The number of nitriles is 1. The Balaban J connectivity index is 2.22. The van der Waals surface area contributed by atoms with E-state index in [1.807, 2.05) is 6.07 Å². The van der Waals surface area contributed by atoms with Crippen LogP contribution in [0.5, 0.6) is 0 Å². The van der Waals surface area contributed by atoms with Crippen LogP contribution >= 0.6 is 34.8 Å². The van der Waals surface area contributed by atoms with E-state index in [0.717, 1.165) is 0 Å². The van der Waals surface area contributed by atoms with Crippen molar-refractivity contribution in [3.8, 4) is 6.07 Å². The van der Waals surface area contributed by atoms with Crippen molar-refractivity contribution in [1.82, 2.24) is 0 Å². The molecule has 0 aliphatic heterocycles. The molecule has 0 fully saturated rings. The van der Waals surface area contributed by atoms with Crippen molar-refractivity contribution in [3.05, 3.63) is 68.7 Å². The lowest BCUT2D eigenvalue weighted by Crippen LogP contribution is -2.13. The summed E-state index contributed by atoms with van der Waals surface area (Å²) in [5.74, 6) is -0.554. The molecule has 2 aromatic carbocycles. The molecule has 22 heavy (non-hydrogen) atoms. The lowest BCUT2D eigenvalue weighted by Gasteiger charge is -2.06. The molecular formula is C16H9Cl3N2O. The van der Waals surface area contributed by atoms with Crippen molar-refractivity contribution in [2.75, 3.05) is 5.32 Å². The Morgan fingerprint density at radius 3 is 2.27 bits per heavy atom. The molecule has 0 saturated carbocycles. The smallest absolute Gasteiger partial charge is 0.266 e. The van der Waals surface area contributed by atoms with Crippen LogP contribution in [0.25, 0.3) is 6.08 Å². The maximum Gasteiger partial charge on any atom is 0.266 e. The highest BCUT2D eigenvalue weighted by Gasteiger charge is 2.11. The van der Waals surface area contributed by atoms with Gasteiger partial charge in [0.2, 0.25) is 0 Å². The number of nitrogens with zero attached hydrogens (tertiary/aromatic N) is 1. The van der Waals surface area contributed by atoms with E-state index in [2.05, 4.69) is 5.32 Å². The SMILES string of the molecule is N#C/C(=C/c1ccc(Cl)cc1)C(=O)Nc1ccc(Cl)cc1Cl. The van der Waals surface area contributed by atoms with Crippen molar-refractivity contribution in [2.45, 2.75) is 0 Å². The van der Waals surface area contributed by atoms with Crippen molar-refractivity contribution >= 4 is 52.5 Å². The number of anilines is 1. The molecule has 6 heteroatoms. The summed E-state index contributed by atoms with van der Waals surface area (Å²) in [6.07, 6.45) is 1.47. The minimum atomic E-state index is -0.554. The summed E-state index contributed by atoms with van der Waals surface area (Å²) in [5, 5.41) is 13.0. The van der Waals surface area contributed by atoms with Gasteiger partial charge in [-0.25, -0.2) is 0 Å². The Morgan fingerprint density at radius 2 is 1.68 bits per heavy atom. The zero-order valence-corrected chi connectivity index (χ0v) is 13.4. The number of carbonyl (C=O) groups excluding carboxylic acids is 1. The highest BCUT2D eigenvalue weighted by Crippen LogP contribution is 2.25. The molecule has 0 aliphatic rings. The van der Waals surface area contributed by atoms with Gasteiger partial charge in [0.1, 0.15) is 11.6 Å². The van der Waals surface area contributed by atoms with Crippen molar-refractivity contribution in [2.24, 2.45) is 0 Å². The molecule has 0 heterocycles. The van der Waals surface area contributed by atoms with Crippen molar-refractivity contribution < 1.29 is 4.79 Å². The number of carbonyl (C=O) groups is 1. The maximum atomic E-state index is 12.1. The number of hydrogen-bond donors (Lipinski definition) is 1. The lowest BCUT2D eigenvalue weighted by molar-refractivity contribution is -0.112. The van der Waals surface area contributed by atoms with Gasteiger partial charge >= 0.3 is 0 Å². The Labute approximate surface area is 142 Å². The number of amides is 1. The molecular weight excluding hydrogens is 343 g/mol. The third-order valence-corrected chi connectivity index (χ3v) is 3.53. The molecule has 0 aromatic heterocycles. The first kappa shape index (κ1) is 16.4. The zero-order chi connectivity index (χ0) is 16.1. The van der Waals surface area contributed by atoms with E-state index >= 15 is 0 Å². The Hall–Kier alpha value is -1.99. The Bertz CT molecular complexity index is 777. The molecule has 0 bridgehead atoms. The molecule has 110 valence electrons. The molecule has 0 aliphatic carbocycles. The molecule has 0 atom stereocenters. The predicted octanol–water partition coefficient (Wildman–Crippen LogP) is 5.19. The first-order chi connectivity index (χ1) is 10.5. The standard InChI is InChI=1S/C16H9Cl3N2O/c17-12-3-1-10(2-4-12)7-11(9-20)16(22)21-15-6-5-13(18)8-14(15)19/h1-8H,(H,21,22)/b11-7-. The van der Waals surface area contributed by atoms with E-state index in [4.69, 9.17) is 40.1 Å². The summed E-state index contributed by atoms with van der Waals surface area (Å²) >= 11 is 17.6. The van der Waals surface area contributed by atoms with Gasteiger partial charge < -0.3 is 5.32 Å². The second kappa shape index (κ2) is 7.33. The van der Waals surface area contributed by atoms with Gasteiger partial charge in [-0.15, -0.1) is 0 Å². The van der Waals surface area contributed by atoms with Crippen LogP contribution in [0.15, 0.2) is 48.0 Å². The van der Waals surface area contributed by atoms with E-state index < -0.39 is 5.91 Å². The van der Waals surface area contributed by atoms with Crippen LogP contribution in [0.3, 0.4) is 0 Å². The van der Waals surface area contributed by atoms with E-state index in [9.17, 15) is 4.79 Å². The Morgan fingerprint density at radius 1 is 1.05 bits per heavy atom. The summed E-state index contributed by atoms with van der Waals surface area (Å²) < 4.78 is 0. The minimum Gasteiger partial charge on any atom is -0.320 e. The fraction of sp³-hybridized carbons (Fsp3) is 0. The quantitative estimate of drug-likeness (QED) is 0.611. The third kappa shape index (κ3) is 4.25. The molecule has 0 spiro atoms. The normalized spacial score (nSPS) is 10.9. The monoisotopic (exact) mass is 350 g/mol. The lowest BCUT2D eigenvalue weighted by atomic mass is 10.1. The molecule has 0 saturated heterocycles. The van der Waals surface area contributed by atoms with Gasteiger partial charge in [0.15, 0.2) is 0 Å². The van der Waals surface area contributed by atoms with Gasteiger partial charge in [-0.1, -0.05) is 46.9 Å². The van der Waals surface area contributed by atoms with Crippen LogP contribution in [0.1, 0.15) is 5.56 Å². The fourth-order valence-electron chi connectivity index (χ4n) is 1.65. The van der Waals surface area contributed by atoms with Gasteiger partial charge in [0, 0.05) is 10.0 Å². The Kier molecular flexibility index (Phi) is 5.46. The third-order valence-electron chi connectivity index (χ3n) is 2.73. The fourth-order valence-corrected chi connectivity index (χ4v) is 2.24. The van der Waals surface area contributed by atoms with Gasteiger partial charge in [0.25, 0.3) is 5.91 Å². The molecule has 1 N–H and O–H groups in total. The summed E-state index contributed by atoms with van der Waals surface area (Å²) in [7, 11) is 0. The molecule has 2 aromatic rings. The van der Waals surface area contributed by atoms with Gasteiger partial charge in [-0.3, -0.25) is 4.79 Å². The second-order valence-corrected chi connectivity index (χ2v) is 5.58. The van der Waals surface area contributed by atoms with Gasteiger partial charge in [-0.05, 0) is 42.0 Å². The van der Waals surface area contributed by atoms with E-state index in [1.54, 1.807) is 36.4 Å². The number of benzene rings is 2. The first-order valence-corrected chi connectivity index (χ1v) is 7.27. The van der Waals surface area contributed by atoms with Crippen molar-refractivity contribution in [1.29, 1.82) is 5.26 Å². The second-order valence-electron chi connectivity index (χ2n) is 4.30.